The smallest absolute Gasteiger partial charge is 0.227 e. The van der Waals surface area contributed by atoms with Crippen LogP contribution in [0.5, 0.6) is 0 Å². The number of rotatable bonds is 2. The highest BCUT2D eigenvalue weighted by Crippen LogP contribution is 2.31. The highest BCUT2D eigenvalue weighted by Gasteiger charge is 2.34. The summed E-state index contributed by atoms with van der Waals surface area (Å²) in [4.78, 5) is 18.3. The molecule has 3 rings (SSSR count). The van der Waals surface area contributed by atoms with Gasteiger partial charge < -0.3 is 9.42 Å². The van der Waals surface area contributed by atoms with E-state index in [-0.39, 0.29) is 11.8 Å². The Hall–Kier alpha value is -2.17. The normalized spacial score (nSPS) is 18.9. The van der Waals surface area contributed by atoms with Crippen LogP contribution in [0.15, 0.2) is 22.7 Å². The van der Waals surface area contributed by atoms with E-state index in [0.29, 0.717) is 24.7 Å². The van der Waals surface area contributed by atoms with E-state index < -0.39 is 0 Å². The minimum Gasteiger partial charge on any atom is -0.340 e. The van der Waals surface area contributed by atoms with Gasteiger partial charge in [0, 0.05) is 31.5 Å². The van der Waals surface area contributed by atoms with E-state index in [1.165, 1.54) is 0 Å². The maximum Gasteiger partial charge on any atom is 0.227 e. The minimum atomic E-state index is 0.0146. The molecule has 1 aliphatic heterocycles. The third kappa shape index (κ3) is 2.31. The Labute approximate surface area is 117 Å². The first-order valence-corrected chi connectivity index (χ1v) is 6.72. The van der Waals surface area contributed by atoms with Crippen LogP contribution in [0.3, 0.4) is 0 Å². The van der Waals surface area contributed by atoms with Gasteiger partial charge in [-0.15, -0.1) is 0 Å². The minimum absolute atomic E-state index is 0.0146. The lowest BCUT2D eigenvalue weighted by molar-refractivity contribution is -0.117. The molecule has 1 unspecified atom stereocenters. The lowest BCUT2D eigenvalue weighted by Gasteiger charge is -2.17. The summed E-state index contributed by atoms with van der Waals surface area (Å²) < 4.78 is 5.00. The van der Waals surface area contributed by atoms with Gasteiger partial charge in [0.05, 0.1) is 0 Å². The van der Waals surface area contributed by atoms with E-state index in [9.17, 15) is 4.79 Å². The zero-order chi connectivity index (χ0) is 14.3. The van der Waals surface area contributed by atoms with E-state index in [1.54, 1.807) is 6.92 Å². The van der Waals surface area contributed by atoms with Crippen LogP contribution in [0.1, 0.15) is 35.2 Å². The van der Waals surface area contributed by atoms with Gasteiger partial charge in [-0.25, -0.2) is 0 Å². The molecule has 20 heavy (non-hydrogen) atoms. The lowest BCUT2D eigenvalue weighted by Crippen LogP contribution is -2.24. The van der Waals surface area contributed by atoms with E-state index in [1.807, 2.05) is 30.9 Å². The summed E-state index contributed by atoms with van der Waals surface area (Å²) in [7, 11) is 0. The number of carbonyl (C=O) groups is 1. The summed E-state index contributed by atoms with van der Waals surface area (Å²) >= 11 is 0. The summed E-state index contributed by atoms with van der Waals surface area (Å²) in [6.45, 7) is 6.45. The molecule has 0 aliphatic carbocycles. The molecule has 1 amide bonds. The molecule has 0 saturated carbocycles. The van der Waals surface area contributed by atoms with Crippen LogP contribution in [0.25, 0.3) is 0 Å². The molecule has 1 aliphatic rings. The fraction of sp³-hybridized carbons (Fsp3) is 0.400. The number of anilines is 1. The zero-order valence-electron chi connectivity index (χ0n) is 11.9. The third-order valence-corrected chi connectivity index (χ3v) is 3.55. The van der Waals surface area contributed by atoms with Crippen molar-refractivity contribution >= 4 is 11.6 Å². The first-order chi connectivity index (χ1) is 9.52. The standard InChI is InChI=1S/C15H17N3O2/c1-9-4-10(2)6-13(5-9)18-8-12(7-14(18)19)15-16-11(3)20-17-15/h4-6,12H,7-8H2,1-3H3. The zero-order valence-corrected chi connectivity index (χ0v) is 11.9. The SMILES string of the molecule is Cc1cc(C)cc(N2CC(c3noc(C)n3)CC2=O)c1. The Morgan fingerprint density at radius 3 is 2.50 bits per heavy atom. The summed E-state index contributed by atoms with van der Waals surface area (Å²) in [5.41, 5.74) is 3.27. The molecule has 1 aromatic heterocycles. The maximum atomic E-state index is 12.2. The van der Waals surface area contributed by atoms with Crippen molar-refractivity contribution in [2.75, 3.05) is 11.4 Å². The van der Waals surface area contributed by atoms with E-state index in [2.05, 4.69) is 16.2 Å². The van der Waals surface area contributed by atoms with Gasteiger partial charge in [-0.1, -0.05) is 11.2 Å². The fourth-order valence-electron chi connectivity index (χ4n) is 2.72. The van der Waals surface area contributed by atoms with Crippen LogP contribution >= 0.6 is 0 Å². The fourth-order valence-corrected chi connectivity index (χ4v) is 2.72. The number of aromatic nitrogens is 2. The summed E-state index contributed by atoms with van der Waals surface area (Å²) in [6, 6.07) is 6.17. The predicted molar refractivity (Wildman–Crippen MR) is 74.7 cm³/mol. The number of hydrogen-bond donors (Lipinski definition) is 0. The summed E-state index contributed by atoms with van der Waals surface area (Å²) in [6.07, 6.45) is 0.436. The van der Waals surface area contributed by atoms with Gasteiger partial charge in [0.15, 0.2) is 5.82 Å². The van der Waals surface area contributed by atoms with E-state index in [0.717, 1.165) is 16.8 Å². The van der Waals surface area contributed by atoms with E-state index >= 15 is 0 Å². The van der Waals surface area contributed by atoms with Crippen LogP contribution in [0, 0.1) is 20.8 Å². The predicted octanol–water partition coefficient (Wildman–Crippen LogP) is 2.52. The molecule has 0 N–H and O–H groups in total. The second kappa shape index (κ2) is 4.74. The topological polar surface area (TPSA) is 59.2 Å². The molecular formula is C15H17N3O2. The molecule has 0 radical (unpaired) electrons. The van der Waals surface area contributed by atoms with E-state index in [4.69, 9.17) is 4.52 Å². The molecule has 1 aromatic carbocycles. The number of carbonyl (C=O) groups excluding carboxylic acids is 1. The number of aryl methyl sites for hydroxylation is 3. The Bertz CT molecular complexity index is 643. The summed E-state index contributed by atoms with van der Waals surface area (Å²) in [5.74, 6) is 1.29. The van der Waals surface area contributed by atoms with Crippen molar-refractivity contribution in [2.24, 2.45) is 0 Å². The van der Waals surface area contributed by atoms with Crippen molar-refractivity contribution < 1.29 is 9.32 Å². The van der Waals surface area contributed by atoms with Gasteiger partial charge in [-0.2, -0.15) is 4.98 Å². The molecule has 1 saturated heterocycles. The van der Waals surface area contributed by atoms with Gasteiger partial charge in [-0.05, 0) is 37.1 Å². The average Bonchev–Trinajstić information content (AvgIpc) is 2.94. The molecular weight excluding hydrogens is 254 g/mol. The van der Waals surface area contributed by atoms with Crippen LogP contribution in [0.2, 0.25) is 0 Å². The van der Waals surface area contributed by atoms with Gasteiger partial charge in [0.1, 0.15) is 0 Å². The van der Waals surface area contributed by atoms with Crippen molar-refractivity contribution in [3.05, 3.63) is 41.0 Å². The molecule has 0 bridgehead atoms. The van der Waals surface area contributed by atoms with Crippen molar-refractivity contribution in [2.45, 2.75) is 33.1 Å². The molecule has 5 heteroatoms. The largest absolute Gasteiger partial charge is 0.340 e. The molecule has 2 heterocycles. The molecule has 5 nitrogen and oxygen atoms in total. The molecule has 0 spiro atoms. The molecule has 1 atom stereocenters. The van der Waals surface area contributed by atoms with Crippen LogP contribution in [-0.4, -0.2) is 22.6 Å². The third-order valence-electron chi connectivity index (χ3n) is 3.55. The second-order valence-corrected chi connectivity index (χ2v) is 5.42. The lowest BCUT2D eigenvalue weighted by atomic mass is 10.1. The number of nitrogens with zero attached hydrogens (tertiary/aromatic N) is 3. The number of hydrogen-bond acceptors (Lipinski definition) is 4. The molecule has 1 fully saturated rings. The highest BCUT2D eigenvalue weighted by molar-refractivity contribution is 5.96. The Kier molecular flexibility index (Phi) is 3.04. The van der Waals surface area contributed by atoms with Crippen molar-refractivity contribution in [3.8, 4) is 0 Å². The first kappa shape index (κ1) is 12.8. The molecule has 104 valence electrons. The molecule has 2 aromatic rings. The number of amides is 1. The Morgan fingerprint density at radius 1 is 1.20 bits per heavy atom. The van der Waals surface area contributed by atoms with Crippen molar-refractivity contribution in [1.29, 1.82) is 0 Å². The van der Waals surface area contributed by atoms with Crippen LogP contribution in [-0.2, 0) is 4.79 Å². The monoisotopic (exact) mass is 271 g/mol. The van der Waals surface area contributed by atoms with Gasteiger partial charge >= 0.3 is 0 Å². The quantitative estimate of drug-likeness (QED) is 0.842. The van der Waals surface area contributed by atoms with Crippen molar-refractivity contribution in [1.82, 2.24) is 10.1 Å². The van der Waals surface area contributed by atoms with Crippen LogP contribution in [0.4, 0.5) is 5.69 Å². The Morgan fingerprint density at radius 2 is 1.90 bits per heavy atom. The summed E-state index contributed by atoms with van der Waals surface area (Å²) in [5, 5.41) is 3.93. The Balaban J connectivity index is 1.87. The van der Waals surface area contributed by atoms with Gasteiger partial charge in [0.2, 0.25) is 11.8 Å². The first-order valence-electron chi connectivity index (χ1n) is 6.72. The average molecular weight is 271 g/mol. The second-order valence-electron chi connectivity index (χ2n) is 5.42. The van der Waals surface area contributed by atoms with Gasteiger partial charge in [0.25, 0.3) is 0 Å². The highest BCUT2D eigenvalue weighted by atomic mass is 16.5. The van der Waals surface area contributed by atoms with Crippen molar-refractivity contribution in [3.63, 3.8) is 0 Å². The maximum absolute atomic E-state index is 12.2. The van der Waals surface area contributed by atoms with Gasteiger partial charge in [-0.3, -0.25) is 4.79 Å². The number of benzene rings is 1. The van der Waals surface area contributed by atoms with Crippen LogP contribution < -0.4 is 4.90 Å².